The molecule has 1 fully saturated rings. The first kappa shape index (κ1) is 15.7. The van der Waals surface area contributed by atoms with Gasteiger partial charge in [0.15, 0.2) is 0 Å². The highest BCUT2D eigenvalue weighted by molar-refractivity contribution is 5.87. The van der Waals surface area contributed by atoms with E-state index in [2.05, 4.69) is 26.8 Å². The van der Waals surface area contributed by atoms with E-state index in [4.69, 9.17) is 5.26 Å². The third-order valence-corrected chi connectivity index (χ3v) is 3.90. The molecule has 0 N–H and O–H groups in total. The lowest BCUT2D eigenvalue weighted by atomic mass is 9.73. The van der Waals surface area contributed by atoms with Crippen LogP contribution in [-0.2, 0) is 4.79 Å². The van der Waals surface area contributed by atoms with Gasteiger partial charge in [-0.2, -0.15) is 5.26 Å². The predicted octanol–water partition coefficient (Wildman–Crippen LogP) is 3.08. The van der Waals surface area contributed by atoms with Gasteiger partial charge in [0.05, 0.1) is 12.5 Å². The maximum Gasteiger partial charge on any atom is 0.246 e. The van der Waals surface area contributed by atoms with Gasteiger partial charge in [-0.1, -0.05) is 20.8 Å². The van der Waals surface area contributed by atoms with E-state index in [1.54, 1.807) is 4.90 Å². The zero-order chi connectivity index (χ0) is 14.5. The number of halogens is 1. The van der Waals surface area contributed by atoms with Gasteiger partial charge in [-0.05, 0) is 30.3 Å². The third-order valence-electron chi connectivity index (χ3n) is 3.90. The van der Waals surface area contributed by atoms with Gasteiger partial charge in [0, 0.05) is 18.7 Å². The van der Waals surface area contributed by atoms with Gasteiger partial charge in [0.25, 0.3) is 0 Å². The van der Waals surface area contributed by atoms with E-state index in [1.807, 2.05) is 0 Å². The van der Waals surface area contributed by atoms with Crippen molar-refractivity contribution in [3.05, 3.63) is 12.2 Å². The number of carbonyl (C=O) groups excluding carboxylic acids is 1. The van der Waals surface area contributed by atoms with Crippen molar-refractivity contribution in [2.45, 2.75) is 46.1 Å². The molecule has 106 valence electrons. The number of amides is 1. The van der Waals surface area contributed by atoms with Crippen LogP contribution in [0, 0.1) is 22.7 Å². The fourth-order valence-electron chi connectivity index (χ4n) is 2.67. The molecule has 1 heterocycles. The van der Waals surface area contributed by atoms with Gasteiger partial charge >= 0.3 is 0 Å². The van der Waals surface area contributed by atoms with Crippen molar-refractivity contribution in [1.29, 1.82) is 5.26 Å². The second-order valence-corrected chi connectivity index (χ2v) is 6.19. The second-order valence-electron chi connectivity index (χ2n) is 6.19. The van der Waals surface area contributed by atoms with E-state index in [0.29, 0.717) is 18.9 Å². The number of hydrogen-bond acceptors (Lipinski definition) is 2. The summed E-state index contributed by atoms with van der Waals surface area (Å²) in [5, 5.41) is 8.92. The molecule has 0 bridgehead atoms. The summed E-state index contributed by atoms with van der Waals surface area (Å²) in [6.07, 6.45) is 4.65. The Hall–Kier alpha value is -1.37. The van der Waals surface area contributed by atoms with E-state index in [1.165, 1.54) is 12.2 Å². The van der Waals surface area contributed by atoms with E-state index < -0.39 is 6.67 Å². The van der Waals surface area contributed by atoms with Crippen molar-refractivity contribution in [3.63, 3.8) is 0 Å². The summed E-state index contributed by atoms with van der Waals surface area (Å²) in [4.78, 5) is 13.7. The smallest absolute Gasteiger partial charge is 0.246 e. The van der Waals surface area contributed by atoms with Crippen LogP contribution in [0.3, 0.4) is 0 Å². The van der Waals surface area contributed by atoms with Crippen molar-refractivity contribution in [1.82, 2.24) is 4.90 Å². The number of nitrogens with zero attached hydrogens (tertiary/aromatic N) is 2. The molecule has 1 saturated heterocycles. The normalized spacial score (nSPS) is 24.5. The van der Waals surface area contributed by atoms with Crippen molar-refractivity contribution < 1.29 is 9.18 Å². The minimum absolute atomic E-state index is 0.0419. The SMILES string of the molecule is CC(C)(C)[C@H]1CCN(C(=O)/C=C/CF)[C@H](CC#N)C1. The van der Waals surface area contributed by atoms with Gasteiger partial charge in [-0.15, -0.1) is 0 Å². The Labute approximate surface area is 115 Å². The highest BCUT2D eigenvalue weighted by atomic mass is 19.1. The fraction of sp³-hybridized carbons (Fsp3) is 0.733. The summed E-state index contributed by atoms with van der Waals surface area (Å²) in [5.41, 5.74) is 0.192. The maximum absolute atomic E-state index is 12.1. The van der Waals surface area contributed by atoms with Crippen LogP contribution in [0.5, 0.6) is 0 Å². The Morgan fingerprint density at radius 1 is 1.53 bits per heavy atom. The zero-order valence-corrected chi connectivity index (χ0v) is 12.0. The number of nitriles is 1. The van der Waals surface area contributed by atoms with E-state index >= 15 is 0 Å². The molecule has 0 aromatic carbocycles. The molecule has 0 unspecified atom stereocenters. The monoisotopic (exact) mass is 266 g/mol. The lowest BCUT2D eigenvalue weighted by Gasteiger charge is -2.43. The minimum atomic E-state index is -0.632. The van der Waals surface area contributed by atoms with Gasteiger partial charge in [0.1, 0.15) is 6.67 Å². The first-order valence-electron chi connectivity index (χ1n) is 6.80. The summed E-state index contributed by atoms with van der Waals surface area (Å²) in [6, 6.07) is 2.12. The topological polar surface area (TPSA) is 44.1 Å². The number of carbonyl (C=O) groups is 1. The Balaban J connectivity index is 2.77. The molecule has 0 saturated carbocycles. The molecule has 0 aromatic rings. The molecule has 4 heteroatoms. The number of likely N-dealkylation sites (tertiary alicyclic amines) is 1. The Kier molecular flexibility index (Phi) is 5.53. The van der Waals surface area contributed by atoms with Crippen LogP contribution >= 0.6 is 0 Å². The molecule has 0 spiro atoms. The molecular weight excluding hydrogens is 243 g/mol. The Bertz CT molecular complexity index is 379. The Morgan fingerprint density at radius 2 is 2.21 bits per heavy atom. The van der Waals surface area contributed by atoms with E-state index in [-0.39, 0.29) is 17.4 Å². The molecule has 1 aliphatic heterocycles. The fourth-order valence-corrected chi connectivity index (χ4v) is 2.67. The van der Waals surface area contributed by atoms with Crippen LogP contribution in [0.4, 0.5) is 4.39 Å². The maximum atomic E-state index is 12.1. The van der Waals surface area contributed by atoms with Crippen molar-refractivity contribution in [2.24, 2.45) is 11.3 Å². The molecule has 1 rings (SSSR count). The lowest BCUT2D eigenvalue weighted by molar-refractivity contribution is -0.131. The van der Waals surface area contributed by atoms with E-state index in [9.17, 15) is 9.18 Å². The van der Waals surface area contributed by atoms with Crippen LogP contribution < -0.4 is 0 Å². The molecule has 1 aliphatic rings. The molecule has 3 nitrogen and oxygen atoms in total. The van der Waals surface area contributed by atoms with Crippen LogP contribution in [-0.4, -0.2) is 30.1 Å². The molecule has 1 amide bonds. The predicted molar refractivity (Wildman–Crippen MR) is 73.0 cm³/mol. The highest BCUT2D eigenvalue weighted by Gasteiger charge is 2.35. The minimum Gasteiger partial charge on any atom is -0.335 e. The summed E-state index contributed by atoms with van der Waals surface area (Å²) >= 11 is 0. The summed E-state index contributed by atoms with van der Waals surface area (Å²) < 4.78 is 12.1. The summed E-state index contributed by atoms with van der Waals surface area (Å²) in [6.45, 7) is 6.61. The molecule has 19 heavy (non-hydrogen) atoms. The molecule has 0 radical (unpaired) electrons. The molecule has 0 aromatic heterocycles. The number of piperidine rings is 1. The van der Waals surface area contributed by atoms with Crippen LogP contribution in [0.25, 0.3) is 0 Å². The van der Waals surface area contributed by atoms with Crippen LogP contribution in [0.15, 0.2) is 12.2 Å². The summed E-state index contributed by atoms with van der Waals surface area (Å²) in [7, 11) is 0. The lowest BCUT2D eigenvalue weighted by Crippen LogP contribution is -2.47. The van der Waals surface area contributed by atoms with Gasteiger partial charge < -0.3 is 4.90 Å². The zero-order valence-electron chi connectivity index (χ0n) is 12.0. The standard InChI is InChI=1S/C15H23FN2O/c1-15(2,3)12-7-10-18(13(11-12)6-9-17)14(19)5-4-8-16/h4-5,12-13H,6-8,10-11H2,1-3H3/b5-4+/t12-,13+/m0/s1. The second kappa shape index (κ2) is 6.70. The van der Waals surface area contributed by atoms with Crippen molar-refractivity contribution in [3.8, 4) is 6.07 Å². The number of rotatable bonds is 3. The molecule has 2 atom stereocenters. The largest absolute Gasteiger partial charge is 0.335 e. The van der Waals surface area contributed by atoms with Crippen LogP contribution in [0.2, 0.25) is 0 Å². The number of alkyl halides is 1. The van der Waals surface area contributed by atoms with Crippen molar-refractivity contribution in [2.75, 3.05) is 13.2 Å². The first-order valence-corrected chi connectivity index (χ1v) is 6.80. The van der Waals surface area contributed by atoms with Gasteiger partial charge in [0.2, 0.25) is 5.91 Å². The van der Waals surface area contributed by atoms with E-state index in [0.717, 1.165) is 12.8 Å². The summed E-state index contributed by atoms with van der Waals surface area (Å²) in [5.74, 6) is 0.338. The number of allylic oxidation sites excluding steroid dienone is 1. The number of hydrogen-bond donors (Lipinski definition) is 0. The highest BCUT2D eigenvalue weighted by Crippen LogP contribution is 2.37. The molecular formula is C15H23FN2O. The molecule has 0 aliphatic carbocycles. The first-order chi connectivity index (χ1) is 8.90. The van der Waals surface area contributed by atoms with Gasteiger partial charge in [-0.3, -0.25) is 4.79 Å². The van der Waals surface area contributed by atoms with Crippen LogP contribution in [0.1, 0.15) is 40.0 Å². The average Bonchev–Trinajstić information content (AvgIpc) is 2.35. The van der Waals surface area contributed by atoms with Gasteiger partial charge in [-0.25, -0.2) is 4.39 Å². The third kappa shape index (κ3) is 4.34. The quantitative estimate of drug-likeness (QED) is 0.737. The average molecular weight is 266 g/mol. The van der Waals surface area contributed by atoms with Crippen molar-refractivity contribution >= 4 is 5.91 Å². The Morgan fingerprint density at radius 3 is 2.74 bits per heavy atom.